The Hall–Kier alpha value is -3.22. The lowest BCUT2D eigenvalue weighted by atomic mass is 10.1. The summed E-state index contributed by atoms with van der Waals surface area (Å²) in [5.74, 6) is 0.666. The molecular formula is C22H21N3O3. The minimum Gasteiger partial charge on any atom is -0.491 e. The Morgan fingerprint density at radius 2 is 1.93 bits per heavy atom. The monoisotopic (exact) mass is 375 g/mol. The number of hydrogen-bond donors (Lipinski definition) is 2. The summed E-state index contributed by atoms with van der Waals surface area (Å²) in [4.78, 5) is 4.16. The average molecular weight is 375 g/mol. The highest BCUT2D eigenvalue weighted by Crippen LogP contribution is 2.28. The quantitative estimate of drug-likeness (QED) is 0.491. The van der Waals surface area contributed by atoms with Crippen molar-refractivity contribution in [3.63, 3.8) is 0 Å². The Labute approximate surface area is 162 Å². The molecule has 6 nitrogen and oxygen atoms in total. The third kappa shape index (κ3) is 4.36. The second-order valence-electron chi connectivity index (χ2n) is 6.50. The Morgan fingerprint density at radius 3 is 2.82 bits per heavy atom. The van der Waals surface area contributed by atoms with Crippen LogP contribution in [0, 0.1) is 0 Å². The molecule has 2 heterocycles. The van der Waals surface area contributed by atoms with Crippen molar-refractivity contribution in [2.24, 2.45) is 0 Å². The van der Waals surface area contributed by atoms with E-state index >= 15 is 0 Å². The number of aliphatic hydroxyl groups excluding tert-OH is 1. The van der Waals surface area contributed by atoms with Crippen molar-refractivity contribution in [2.75, 3.05) is 13.2 Å². The fourth-order valence-corrected chi connectivity index (χ4v) is 2.95. The predicted octanol–water partition coefficient (Wildman–Crippen LogP) is 3.42. The maximum atomic E-state index is 10.2. The molecule has 4 aromatic rings. The summed E-state index contributed by atoms with van der Waals surface area (Å²) in [7, 11) is 0. The lowest BCUT2D eigenvalue weighted by molar-refractivity contribution is 0.106. The lowest BCUT2D eigenvalue weighted by Gasteiger charge is -2.14. The Morgan fingerprint density at radius 1 is 1.04 bits per heavy atom. The van der Waals surface area contributed by atoms with Crippen molar-refractivity contribution >= 4 is 11.1 Å². The molecule has 0 unspecified atom stereocenters. The minimum absolute atomic E-state index is 0.201. The van der Waals surface area contributed by atoms with E-state index in [9.17, 15) is 5.11 Å². The molecule has 0 aliphatic heterocycles. The van der Waals surface area contributed by atoms with Gasteiger partial charge in [0.25, 0.3) is 5.71 Å². The van der Waals surface area contributed by atoms with Gasteiger partial charge in [0.15, 0.2) is 0 Å². The zero-order chi connectivity index (χ0) is 19.2. The largest absolute Gasteiger partial charge is 0.491 e. The van der Waals surface area contributed by atoms with Crippen LogP contribution in [-0.2, 0) is 6.54 Å². The van der Waals surface area contributed by atoms with Crippen LogP contribution in [-0.4, -0.2) is 34.5 Å². The standard InChI is InChI=1S/C22H21N3O3/c26-18(14-23-13-16-6-2-1-3-7-16)15-27-19-9-4-8-17(12-19)21-20-10-5-11-24-22(20)28-25-21/h1-12,18,23,26H,13-15H2/t18-/m1/s1. The van der Waals surface area contributed by atoms with Crippen LogP contribution in [0.3, 0.4) is 0 Å². The number of hydrogen-bond acceptors (Lipinski definition) is 6. The number of nitrogens with zero attached hydrogens (tertiary/aromatic N) is 2. The van der Waals surface area contributed by atoms with E-state index in [1.165, 1.54) is 5.56 Å². The molecule has 1 atom stereocenters. The summed E-state index contributed by atoms with van der Waals surface area (Å²) in [5, 5.41) is 18.4. The van der Waals surface area contributed by atoms with Crippen LogP contribution in [0.25, 0.3) is 22.4 Å². The summed E-state index contributed by atoms with van der Waals surface area (Å²) in [6.45, 7) is 1.36. The van der Waals surface area contributed by atoms with Crippen LogP contribution < -0.4 is 10.1 Å². The predicted molar refractivity (Wildman–Crippen MR) is 107 cm³/mol. The fraction of sp³-hybridized carbons (Fsp3) is 0.182. The van der Waals surface area contributed by atoms with Gasteiger partial charge in [-0.05, 0) is 29.8 Å². The first kappa shape index (κ1) is 18.2. The molecule has 6 heteroatoms. The Balaban J connectivity index is 1.33. The van der Waals surface area contributed by atoms with Gasteiger partial charge in [-0.1, -0.05) is 47.6 Å². The van der Waals surface area contributed by atoms with Gasteiger partial charge in [0.1, 0.15) is 24.2 Å². The third-order valence-electron chi connectivity index (χ3n) is 4.35. The van der Waals surface area contributed by atoms with E-state index in [0.29, 0.717) is 24.6 Å². The second-order valence-corrected chi connectivity index (χ2v) is 6.50. The summed E-state index contributed by atoms with van der Waals surface area (Å²) < 4.78 is 11.0. The van der Waals surface area contributed by atoms with Crippen LogP contribution in [0.1, 0.15) is 5.56 Å². The van der Waals surface area contributed by atoms with E-state index < -0.39 is 6.10 Å². The van der Waals surface area contributed by atoms with Gasteiger partial charge < -0.3 is 19.7 Å². The SMILES string of the molecule is O[C@H](CNCc1ccccc1)COc1cccc(-c2noc3ncccc23)c1. The molecule has 142 valence electrons. The lowest BCUT2D eigenvalue weighted by Crippen LogP contribution is -2.31. The molecule has 2 N–H and O–H groups in total. The Kier molecular flexibility index (Phi) is 5.61. The van der Waals surface area contributed by atoms with Crippen LogP contribution in [0.4, 0.5) is 0 Å². The number of fused-ring (bicyclic) bond motifs is 1. The second kappa shape index (κ2) is 8.65. The average Bonchev–Trinajstić information content (AvgIpc) is 3.17. The number of benzene rings is 2. The molecule has 0 saturated heterocycles. The first-order valence-electron chi connectivity index (χ1n) is 9.16. The van der Waals surface area contributed by atoms with Crippen LogP contribution in [0.5, 0.6) is 5.75 Å². The number of aliphatic hydroxyl groups is 1. The maximum absolute atomic E-state index is 10.2. The molecule has 0 radical (unpaired) electrons. The van der Waals surface area contributed by atoms with Gasteiger partial charge in [-0.25, -0.2) is 4.98 Å². The topological polar surface area (TPSA) is 80.4 Å². The molecule has 0 spiro atoms. The molecule has 0 aliphatic carbocycles. The normalized spacial score (nSPS) is 12.2. The summed E-state index contributed by atoms with van der Waals surface area (Å²) in [6.07, 6.45) is 1.06. The molecule has 0 fully saturated rings. The van der Waals surface area contributed by atoms with Gasteiger partial charge in [-0.2, -0.15) is 0 Å². The van der Waals surface area contributed by atoms with Crippen molar-refractivity contribution in [1.82, 2.24) is 15.5 Å². The van der Waals surface area contributed by atoms with Crippen LogP contribution in [0.15, 0.2) is 77.4 Å². The zero-order valence-electron chi connectivity index (χ0n) is 15.3. The maximum Gasteiger partial charge on any atom is 0.258 e. The van der Waals surface area contributed by atoms with Gasteiger partial charge in [0.2, 0.25) is 0 Å². The fourth-order valence-electron chi connectivity index (χ4n) is 2.95. The highest BCUT2D eigenvalue weighted by molar-refractivity contribution is 5.89. The van der Waals surface area contributed by atoms with E-state index in [1.54, 1.807) is 6.20 Å². The number of ether oxygens (including phenoxy) is 1. The molecule has 4 rings (SSSR count). The zero-order valence-corrected chi connectivity index (χ0v) is 15.3. The number of rotatable bonds is 8. The van der Waals surface area contributed by atoms with Crippen molar-refractivity contribution in [3.8, 4) is 17.0 Å². The number of pyridine rings is 1. The van der Waals surface area contributed by atoms with Gasteiger partial charge in [-0.15, -0.1) is 0 Å². The molecule has 2 aromatic carbocycles. The van der Waals surface area contributed by atoms with Gasteiger partial charge >= 0.3 is 0 Å². The molecule has 0 saturated carbocycles. The molecule has 0 amide bonds. The molecular weight excluding hydrogens is 354 g/mol. The molecule has 0 aliphatic rings. The highest BCUT2D eigenvalue weighted by atomic mass is 16.5. The van der Waals surface area contributed by atoms with Crippen LogP contribution in [0.2, 0.25) is 0 Å². The molecule has 2 aromatic heterocycles. The van der Waals surface area contributed by atoms with Crippen molar-refractivity contribution < 1.29 is 14.4 Å². The van der Waals surface area contributed by atoms with Crippen molar-refractivity contribution in [1.29, 1.82) is 0 Å². The first-order valence-corrected chi connectivity index (χ1v) is 9.16. The smallest absolute Gasteiger partial charge is 0.258 e. The van der Waals surface area contributed by atoms with Gasteiger partial charge in [-0.3, -0.25) is 0 Å². The molecule has 28 heavy (non-hydrogen) atoms. The highest BCUT2D eigenvalue weighted by Gasteiger charge is 2.12. The Bertz CT molecular complexity index is 1030. The van der Waals surface area contributed by atoms with E-state index in [2.05, 4.69) is 15.5 Å². The number of nitrogens with one attached hydrogen (secondary N) is 1. The summed E-state index contributed by atoms with van der Waals surface area (Å²) in [6, 6.07) is 21.4. The van der Waals surface area contributed by atoms with E-state index in [0.717, 1.165) is 16.6 Å². The van der Waals surface area contributed by atoms with E-state index in [1.807, 2.05) is 66.7 Å². The number of aromatic nitrogens is 2. The van der Waals surface area contributed by atoms with E-state index in [-0.39, 0.29) is 6.61 Å². The molecule has 0 bridgehead atoms. The first-order chi connectivity index (χ1) is 13.8. The summed E-state index contributed by atoms with van der Waals surface area (Å²) >= 11 is 0. The summed E-state index contributed by atoms with van der Waals surface area (Å²) in [5.41, 5.74) is 3.28. The van der Waals surface area contributed by atoms with Crippen molar-refractivity contribution in [2.45, 2.75) is 12.6 Å². The van der Waals surface area contributed by atoms with Crippen LogP contribution >= 0.6 is 0 Å². The third-order valence-corrected chi connectivity index (χ3v) is 4.35. The van der Waals surface area contributed by atoms with Gasteiger partial charge in [0, 0.05) is 24.8 Å². The van der Waals surface area contributed by atoms with E-state index in [4.69, 9.17) is 9.26 Å². The minimum atomic E-state index is -0.607. The van der Waals surface area contributed by atoms with Crippen molar-refractivity contribution in [3.05, 3.63) is 78.5 Å². The van der Waals surface area contributed by atoms with Gasteiger partial charge in [0.05, 0.1) is 5.39 Å².